The van der Waals surface area contributed by atoms with Crippen molar-refractivity contribution in [2.75, 3.05) is 11.9 Å². The lowest BCUT2D eigenvalue weighted by molar-refractivity contribution is 0.915. The van der Waals surface area contributed by atoms with Gasteiger partial charge in [-0.2, -0.15) is 0 Å². The number of nitrogens with zero attached hydrogens (tertiary/aromatic N) is 2. The van der Waals surface area contributed by atoms with E-state index < -0.39 is 0 Å². The number of rotatable bonds is 4. The first-order valence-corrected chi connectivity index (χ1v) is 6.35. The molecule has 1 aliphatic carbocycles. The van der Waals surface area contributed by atoms with Gasteiger partial charge in [-0.1, -0.05) is 22.5 Å². The van der Waals surface area contributed by atoms with Gasteiger partial charge < -0.3 is 5.32 Å². The van der Waals surface area contributed by atoms with Crippen molar-refractivity contribution in [3.8, 4) is 0 Å². The first-order chi connectivity index (χ1) is 7.15. The summed E-state index contributed by atoms with van der Waals surface area (Å²) in [7, 11) is 0. The Morgan fingerprint density at radius 2 is 2.27 bits per heavy atom. The second kappa shape index (κ2) is 4.61. The van der Waals surface area contributed by atoms with Crippen molar-refractivity contribution in [1.29, 1.82) is 0 Å². The third kappa shape index (κ3) is 3.28. The van der Waals surface area contributed by atoms with Crippen molar-refractivity contribution >= 4 is 37.7 Å². The summed E-state index contributed by atoms with van der Waals surface area (Å²) in [5.41, 5.74) is 0. The van der Waals surface area contributed by atoms with Crippen LogP contribution >= 0.6 is 31.9 Å². The van der Waals surface area contributed by atoms with Crippen LogP contribution in [0.2, 0.25) is 0 Å². The van der Waals surface area contributed by atoms with Gasteiger partial charge in [0.15, 0.2) is 0 Å². The van der Waals surface area contributed by atoms with Crippen molar-refractivity contribution in [2.45, 2.75) is 18.8 Å². The molecule has 1 fully saturated rings. The normalized spacial score (nSPS) is 15.1. The van der Waals surface area contributed by atoms with Crippen LogP contribution in [0.1, 0.15) is 24.6 Å². The molecule has 1 aromatic rings. The lowest BCUT2D eigenvalue weighted by atomic mass is 10.4. The van der Waals surface area contributed by atoms with Crippen molar-refractivity contribution in [2.24, 2.45) is 0 Å². The Balaban J connectivity index is 2.12. The molecule has 80 valence electrons. The molecule has 0 bridgehead atoms. The minimum absolute atomic E-state index is 0.565. The lowest BCUT2D eigenvalue weighted by Crippen LogP contribution is -2.05. The van der Waals surface area contributed by atoms with Crippen molar-refractivity contribution in [3.05, 3.63) is 27.6 Å². The van der Waals surface area contributed by atoms with Crippen molar-refractivity contribution < 1.29 is 0 Å². The van der Waals surface area contributed by atoms with Gasteiger partial charge in [-0.25, -0.2) is 9.97 Å². The van der Waals surface area contributed by atoms with Crippen LogP contribution in [0, 0.1) is 0 Å². The number of nitrogens with one attached hydrogen (secondary N) is 1. The molecule has 0 unspecified atom stereocenters. The summed E-state index contributed by atoms with van der Waals surface area (Å²) in [6.07, 6.45) is 2.42. The molecule has 15 heavy (non-hydrogen) atoms. The predicted octanol–water partition coefficient (Wildman–Crippen LogP) is 3.44. The molecule has 1 aromatic heterocycles. The van der Waals surface area contributed by atoms with Crippen LogP contribution in [0.4, 0.5) is 5.82 Å². The van der Waals surface area contributed by atoms with E-state index in [4.69, 9.17) is 0 Å². The van der Waals surface area contributed by atoms with Crippen LogP contribution in [0.5, 0.6) is 0 Å². The topological polar surface area (TPSA) is 37.8 Å². The van der Waals surface area contributed by atoms with E-state index in [0.29, 0.717) is 12.5 Å². The summed E-state index contributed by atoms with van der Waals surface area (Å²) in [6.45, 7) is 4.44. The summed E-state index contributed by atoms with van der Waals surface area (Å²) >= 11 is 6.69. The highest BCUT2D eigenvalue weighted by atomic mass is 79.9. The van der Waals surface area contributed by atoms with Crippen LogP contribution in [0.15, 0.2) is 21.7 Å². The maximum Gasteiger partial charge on any atom is 0.135 e. The van der Waals surface area contributed by atoms with Crippen molar-refractivity contribution in [1.82, 2.24) is 9.97 Å². The van der Waals surface area contributed by atoms with Gasteiger partial charge in [-0.15, -0.1) is 0 Å². The SMILES string of the molecule is C=C(Br)CNc1cc(Br)nc(C2CC2)n1. The summed E-state index contributed by atoms with van der Waals surface area (Å²) in [6, 6.07) is 1.88. The van der Waals surface area contributed by atoms with E-state index in [1.165, 1.54) is 12.8 Å². The molecule has 0 radical (unpaired) electrons. The van der Waals surface area contributed by atoms with Gasteiger partial charge in [0.25, 0.3) is 0 Å². The Morgan fingerprint density at radius 1 is 1.53 bits per heavy atom. The Bertz CT molecular complexity index is 388. The summed E-state index contributed by atoms with van der Waals surface area (Å²) in [5, 5.41) is 3.18. The van der Waals surface area contributed by atoms with E-state index in [0.717, 1.165) is 20.7 Å². The molecule has 0 saturated heterocycles. The van der Waals surface area contributed by atoms with Crippen LogP contribution in [-0.4, -0.2) is 16.5 Å². The Kier molecular flexibility index (Phi) is 3.41. The van der Waals surface area contributed by atoms with E-state index in [2.05, 4.69) is 53.7 Å². The van der Waals surface area contributed by atoms with E-state index in [-0.39, 0.29) is 0 Å². The zero-order valence-corrected chi connectivity index (χ0v) is 11.3. The number of hydrogen-bond donors (Lipinski definition) is 1. The zero-order chi connectivity index (χ0) is 10.8. The van der Waals surface area contributed by atoms with E-state index >= 15 is 0 Å². The number of halogens is 2. The van der Waals surface area contributed by atoms with Gasteiger partial charge >= 0.3 is 0 Å². The van der Waals surface area contributed by atoms with Gasteiger partial charge in [0.1, 0.15) is 16.2 Å². The van der Waals surface area contributed by atoms with Crippen LogP contribution in [0.3, 0.4) is 0 Å². The molecule has 1 heterocycles. The van der Waals surface area contributed by atoms with Crippen molar-refractivity contribution in [3.63, 3.8) is 0 Å². The molecule has 0 spiro atoms. The standard InChI is InChI=1S/C10H11Br2N3/c1-6(11)5-13-9-4-8(12)14-10(15-9)7-2-3-7/h4,7H,1-3,5H2,(H,13,14,15). The summed E-state index contributed by atoms with van der Waals surface area (Å²) in [4.78, 5) is 8.81. The molecule has 1 saturated carbocycles. The third-order valence-electron chi connectivity index (χ3n) is 2.12. The monoisotopic (exact) mass is 331 g/mol. The second-order valence-electron chi connectivity index (χ2n) is 3.58. The number of hydrogen-bond acceptors (Lipinski definition) is 3. The largest absolute Gasteiger partial charge is 0.365 e. The summed E-state index contributed by atoms with van der Waals surface area (Å²) < 4.78 is 1.74. The molecule has 1 N–H and O–H groups in total. The molecule has 0 aromatic carbocycles. The Hall–Kier alpha value is -0.420. The fraction of sp³-hybridized carbons (Fsp3) is 0.400. The predicted molar refractivity (Wildman–Crippen MR) is 68.3 cm³/mol. The van der Waals surface area contributed by atoms with E-state index in [9.17, 15) is 0 Å². The van der Waals surface area contributed by atoms with E-state index in [1.807, 2.05) is 6.07 Å². The van der Waals surface area contributed by atoms with Gasteiger partial charge in [0.2, 0.25) is 0 Å². The minimum Gasteiger partial charge on any atom is -0.365 e. The minimum atomic E-state index is 0.565. The third-order valence-corrected chi connectivity index (χ3v) is 2.80. The highest BCUT2D eigenvalue weighted by Crippen LogP contribution is 2.38. The molecule has 5 heteroatoms. The smallest absolute Gasteiger partial charge is 0.135 e. The molecule has 0 amide bonds. The molecular weight excluding hydrogens is 322 g/mol. The van der Waals surface area contributed by atoms with Gasteiger partial charge in [0, 0.05) is 23.0 Å². The average Bonchev–Trinajstić information content (AvgIpc) is 2.97. The second-order valence-corrected chi connectivity index (χ2v) is 5.51. The number of aromatic nitrogens is 2. The average molecular weight is 333 g/mol. The quantitative estimate of drug-likeness (QED) is 0.858. The van der Waals surface area contributed by atoms with Gasteiger partial charge in [-0.05, 0) is 28.8 Å². The molecule has 0 atom stereocenters. The first-order valence-electron chi connectivity index (χ1n) is 4.77. The fourth-order valence-corrected chi connectivity index (χ4v) is 1.78. The van der Waals surface area contributed by atoms with E-state index in [1.54, 1.807) is 0 Å². The fourth-order valence-electron chi connectivity index (χ4n) is 1.24. The highest BCUT2D eigenvalue weighted by molar-refractivity contribution is 9.11. The lowest BCUT2D eigenvalue weighted by Gasteiger charge is -2.06. The van der Waals surface area contributed by atoms with Gasteiger partial charge in [0.05, 0.1) is 0 Å². The molecule has 2 rings (SSSR count). The first kappa shape index (κ1) is 11.1. The maximum atomic E-state index is 4.45. The highest BCUT2D eigenvalue weighted by Gasteiger charge is 2.27. The molecular formula is C10H11Br2N3. The van der Waals surface area contributed by atoms with Crippen LogP contribution in [-0.2, 0) is 0 Å². The molecule has 1 aliphatic rings. The molecule has 3 nitrogen and oxygen atoms in total. The zero-order valence-electron chi connectivity index (χ0n) is 8.13. The maximum absolute atomic E-state index is 4.45. The Labute approximate surface area is 106 Å². The molecule has 0 aliphatic heterocycles. The van der Waals surface area contributed by atoms with Crippen LogP contribution in [0.25, 0.3) is 0 Å². The number of anilines is 1. The Morgan fingerprint density at radius 3 is 2.87 bits per heavy atom. The van der Waals surface area contributed by atoms with Crippen LogP contribution < -0.4 is 5.32 Å². The van der Waals surface area contributed by atoms with Gasteiger partial charge in [-0.3, -0.25) is 0 Å². The summed E-state index contributed by atoms with van der Waals surface area (Å²) in [5.74, 6) is 2.35.